The number of rotatable bonds is 4. The monoisotopic (exact) mass is 150 g/mol. The normalized spacial score (nSPS) is 10.2. The van der Waals surface area contributed by atoms with Gasteiger partial charge < -0.3 is 10.2 Å². The van der Waals surface area contributed by atoms with Crippen molar-refractivity contribution in [1.82, 2.24) is 0 Å². The first kappa shape index (κ1) is 8.94. The average Bonchev–Trinajstić information content (AvgIpc) is 1.82. The van der Waals surface area contributed by atoms with Crippen LogP contribution in [0.2, 0.25) is 0 Å². The summed E-state index contributed by atoms with van der Waals surface area (Å²) in [5.74, 6) is 0.139. The van der Waals surface area contributed by atoms with Gasteiger partial charge in [0.15, 0.2) is 5.78 Å². The van der Waals surface area contributed by atoms with Gasteiger partial charge in [-0.15, -0.1) is 0 Å². The van der Waals surface area contributed by atoms with E-state index in [1.807, 2.05) is 6.26 Å². The van der Waals surface area contributed by atoms with Gasteiger partial charge in [-0.2, -0.15) is 11.8 Å². The van der Waals surface area contributed by atoms with Gasteiger partial charge >= 0.3 is 0 Å². The van der Waals surface area contributed by atoms with Crippen molar-refractivity contribution < 1.29 is 15.0 Å². The van der Waals surface area contributed by atoms with Crippen LogP contribution in [0.1, 0.15) is 6.42 Å². The molecule has 0 aromatic rings. The maximum Gasteiger partial charge on any atom is 0.212 e. The summed E-state index contributed by atoms with van der Waals surface area (Å²) in [6.07, 6.45) is 0.313. The summed E-state index contributed by atoms with van der Waals surface area (Å²) in [6, 6.07) is 0. The molecule has 0 radical (unpaired) electrons. The highest BCUT2D eigenvalue weighted by Gasteiger charge is 2.08. The van der Waals surface area contributed by atoms with Crippen LogP contribution in [0.25, 0.3) is 0 Å². The van der Waals surface area contributed by atoms with E-state index >= 15 is 0 Å². The minimum Gasteiger partial charge on any atom is -0.362 e. The molecule has 0 bridgehead atoms. The first-order chi connectivity index (χ1) is 4.18. The van der Waals surface area contributed by atoms with Crippen LogP contribution in [0.15, 0.2) is 0 Å². The standard InChI is InChI=1S/C5H10O3S/c1-9-3-2-4(6)5(7)8/h5,7-8H,2-3H2,1H3. The highest BCUT2D eigenvalue weighted by atomic mass is 32.2. The number of carbonyl (C=O) groups excluding carboxylic acids is 1. The number of aliphatic hydroxyl groups excluding tert-OH is 1. The predicted octanol–water partition coefficient (Wildman–Crippen LogP) is -0.381. The summed E-state index contributed by atoms with van der Waals surface area (Å²) in [7, 11) is 0. The van der Waals surface area contributed by atoms with Crippen LogP contribution >= 0.6 is 11.8 Å². The molecular weight excluding hydrogens is 140 g/mol. The number of hydrogen-bond donors (Lipinski definition) is 2. The molecule has 0 saturated carbocycles. The minimum atomic E-state index is -1.78. The summed E-state index contributed by atoms with van der Waals surface area (Å²) >= 11 is 1.50. The van der Waals surface area contributed by atoms with Gasteiger partial charge in [-0.1, -0.05) is 0 Å². The van der Waals surface area contributed by atoms with Gasteiger partial charge in [-0.05, 0) is 6.26 Å². The topological polar surface area (TPSA) is 57.5 Å². The fourth-order valence-corrected chi connectivity index (χ4v) is 0.737. The molecule has 2 N–H and O–H groups in total. The lowest BCUT2D eigenvalue weighted by Crippen LogP contribution is -2.19. The molecule has 0 amide bonds. The first-order valence-corrected chi connectivity index (χ1v) is 3.95. The Labute approximate surface area is 58.1 Å². The third-order valence-electron chi connectivity index (χ3n) is 0.841. The number of aliphatic hydroxyl groups is 2. The molecule has 54 valence electrons. The summed E-state index contributed by atoms with van der Waals surface area (Å²) in [5, 5.41) is 16.5. The van der Waals surface area contributed by atoms with Crippen LogP contribution in [-0.4, -0.2) is 34.3 Å². The SMILES string of the molecule is CSCCC(=O)C(O)O. The number of thioether (sulfide) groups is 1. The van der Waals surface area contributed by atoms with Crippen LogP contribution in [0.5, 0.6) is 0 Å². The maximum atomic E-state index is 10.4. The molecule has 0 aliphatic carbocycles. The fraction of sp³-hybridized carbons (Fsp3) is 0.800. The fourth-order valence-electron chi connectivity index (χ4n) is 0.332. The molecule has 0 heterocycles. The second-order valence-corrected chi connectivity index (χ2v) is 2.57. The molecule has 0 aromatic carbocycles. The smallest absolute Gasteiger partial charge is 0.212 e. The van der Waals surface area contributed by atoms with Crippen molar-refractivity contribution in [2.24, 2.45) is 0 Å². The van der Waals surface area contributed by atoms with E-state index in [2.05, 4.69) is 0 Å². The zero-order valence-corrected chi connectivity index (χ0v) is 6.02. The highest BCUT2D eigenvalue weighted by molar-refractivity contribution is 7.98. The zero-order chi connectivity index (χ0) is 7.28. The molecule has 0 spiro atoms. The van der Waals surface area contributed by atoms with Gasteiger partial charge in [0.05, 0.1) is 0 Å². The van der Waals surface area contributed by atoms with Crippen molar-refractivity contribution in [2.75, 3.05) is 12.0 Å². The number of carbonyl (C=O) groups is 1. The van der Waals surface area contributed by atoms with E-state index in [0.717, 1.165) is 0 Å². The van der Waals surface area contributed by atoms with E-state index in [1.165, 1.54) is 11.8 Å². The van der Waals surface area contributed by atoms with Gasteiger partial charge in [0, 0.05) is 12.2 Å². The van der Waals surface area contributed by atoms with E-state index in [1.54, 1.807) is 0 Å². The number of Topliss-reactive ketones (excluding diaryl/α,β-unsaturated/α-hetero) is 1. The van der Waals surface area contributed by atoms with Crippen LogP contribution in [0.3, 0.4) is 0 Å². The Bertz CT molecular complexity index is 92.2. The predicted molar refractivity (Wildman–Crippen MR) is 36.2 cm³/mol. The molecule has 9 heavy (non-hydrogen) atoms. The Balaban J connectivity index is 3.28. The molecule has 0 atom stereocenters. The van der Waals surface area contributed by atoms with Crippen molar-refractivity contribution >= 4 is 17.5 Å². The highest BCUT2D eigenvalue weighted by Crippen LogP contribution is 1.97. The van der Waals surface area contributed by atoms with Gasteiger partial charge in [0.2, 0.25) is 6.29 Å². The Morgan fingerprint density at radius 3 is 2.56 bits per heavy atom. The van der Waals surface area contributed by atoms with Crippen molar-refractivity contribution in [3.63, 3.8) is 0 Å². The van der Waals surface area contributed by atoms with E-state index in [9.17, 15) is 4.79 Å². The lowest BCUT2D eigenvalue weighted by Gasteiger charge is -1.98. The molecule has 0 fully saturated rings. The number of hydrogen-bond acceptors (Lipinski definition) is 4. The number of ketones is 1. The van der Waals surface area contributed by atoms with Crippen LogP contribution in [0, 0.1) is 0 Å². The molecule has 0 aliphatic heterocycles. The lowest BCUT2D eigenvalue weighted by atomic mass is 10.3. The van der Waals surface area contributed by atoms with E-state index in [-0.39, 0.29) is 6.42 Å². The molecule has 0 saturated heterocycles. The average molecular weight is 150 g/mol. The molecule has 0 aromatic heterocycles. The van der Waals surface area contributed by atoms with E-state index < -0.39 is 12.1 Å². The second-order valence-electron chi connectivity index (χ2n) is 1.58. The van der Waals surface area contributed by atoms with E-state index in [0.29, 0.717) is 5.75 Å². The van der Waals surface area contributed by atoms with Gasteiger partial charge in [-0.25, -0.2) is 0 Å². The van der Waals surface area contributed by atoms with Crippen LogP contribution in [0.4, 0.5) is 0 Å². The summed E-state index contributed by atoms with van der Waals surface area (Å²) in [6.45, 7) is 0. The van der Waals surface area contributed by atoms with Gasteiger partial charge in [0.25, 0.3) is 0 Å². The third kappa shape index (κ3) is 4.44. The molecule has 0 unspecified atom stereocenters. The maximum absolute atomic E-state index is 10.4. The summed E-state index contributed by atoms with van der Waals surface area (Å²) < 4.78 is 0. The Kier molecular flexibility index (Phi) is 4.75. The Morgan fingerprint density at radius 2 is 2.22 bits per heavy atom. The van der Waals surface area contributed by atoms with Crippen molar-refractivity contribution in [3.8, 4) is 0 Å². The largest absolute Gasteiger partial charge is 0.362 e. The van der Waals surface area contributed by atoms with Crippen LogP contribution < -0.4 is 0 Å². The molecule has 0 rings (SSSR count). The van der Waals surface area contributed by atoms with Crippen molar-refractivity contribution in [3.05, 3.63) is 0 Å². The van der Waals surface area contributed by atoms with Crippen LogP contribution in [-0.2, 0) is 4.79 Å². The van der Waals surface area contributed by atoms with Crippen molar-refractivity contribution in [2.45, 2.75) is 12.7 Å². The molecule has 4 heteroatoms. The zero-order valence-electron chi connectivity index (χ0n) is 5.20. The minimum absolute atomic E-state index is 0.235. The van der Waals surface area contributed by atoms with Gasteiger partial charge in [0.1, 0.15) is 0 Å². The Hall–Kier alpha value is -0.0600. The summed E-state index contributed by atoms with van der Waals surface area (Å²) in [4.78, 5) is 10.4. The van der Waals surface area contributed by atoms with Gasteiger partial charge in [-0.3, -0.25) is 4.79 Å². The molecule has 0 aliphatic rings. The third-order valence-corrected chi connectivity index (χ3v) is 1.45. The lowest BCUT2D eigenvalue weighted by molar-refractivity contribution is -0.144. The second kappa shape index (κ2) is 4.78. The molecular formula is C5H10O3S. The quantitative estimate of drug-likeness (QED) is 0.536. The summed E-state index contributed by atoms with van der Waals surface area (Å²) in [5.41, 5.74) is 0. The van der Waals surface area contributed by atoms with E-state index in [4.69, 9.17) is 10.2 Å². The van der Waals surface area contributed by atoms with Crippen molar-refractivity contribution in [1.29, 1.82) is 0 Å². The first-order valence-electron chi connectivity index (χ1n) is 2.56. The molecule has 3 nitrogen and oxygen atoms in total. The Morgan fingerprint density at radius 1 is 1.67 bits per heavy atom.